The number of rotatable bonds is 4. The van der Waals surface area contributed by atoms with Crippen molar-refractivity contribution in [2.24, 2.45) is 0 Å². The van der Waals surface area contributed by atoms with Crippen LogP contribution < -0.4 is 5.56 Å². The number of nitro groups is 1. The Morgan fingerprint density at radius 3 is 2.67 bits per heavy atom. The molecular weight excluding hydrogens is 276 g/mol. The standard InChI is InChI=1S/C14H12N2O5/c1-9-5-6-12(16(20)21)13(17)15(9)8-10-3-2-4-11(7-10)14(18)19/h2-7H,8H2,1H3,(H,18,19). The van der Waals surface area contributed by atoms with Crippen LogP contribution in [0, 0.1) is 17.0 Å². The lowest BCUT2D eigenvalue weighted by atomic mass is 10.1. The van der Waals surface area contributed by atoms with E-state index < -0.39 is 22.1 Å². The Kier molecular flexibility index (Phi) is 3.84. The predicted octanol–water partition coefficient (Wildman–Crippen LogP) is 1.81. The molecule has 0 unspecified atom stereocenters. The minimum Gasteiger partial charge on any atom is -0.478 e. The van der Waals surface area contributed by atoms with Crippen molar-refractivity contribution in [1.82, 2.24) is 4.57 Å². The van der Waals surface area contributed by atoms with E-state index in [1.165, 1.54) is 28.8 Å². The maximum absolute atomic E-state index is 12.1. The lowest BCUT2D eigenvalue weighted by Gasteiger charge is -2.10. The molecule has 0 atom stereocenters. The van der Waals surface area contributed by atoms with Gasteiger partial charge in [0.1, 0.15) is 0 Å². The minimum atomic E-state index is -1.07. The van der Waals surface area contributed by atoms with Gasteiger partial charge < -0.3 is 9.67 Å². The van der Waals surface area contributed by atoms with E-state index in [4.69, 9.17) is 5.11 Å². The number of hydrogen-bond acceptors (Lipinski definition) is 4. The molecule has 0 aliphatic heterocycles. The molecule has 1 heterocycles. The number of carbonyl (C=O) groups is 1. The highest BCUT2D eigenvalue weighted by atomic mass is 16.6. The topological polar surface area (TPSA) is 102 Å². The number of aromatic carboxylic acids is 1. The third-order valence-electron chi connectivity index (χ3n) is 3.08. The highest BCUT2D eigenvalue weighted by molar-refractivity contribution is 5.87. The van der Waals surface area contributed by atoms with Gasteiger partial charge in [0, 0.05) is 11.8 Å². The summed E-state index contributed by atoms with van der Waals surface area (Å²) in [6.07, 6.45) is 0. The van der Waals surface area contributed by atoms with Crippen molar-refractivity contribution in [1.29, 1.82) is 0 Å². The van der Waals surface area contributed by atoms with Crippen LogP contribution in [0.1, 0.15) is 21.6 Å². The van der Waals surface area contributed by atoms with Crippen LogP contribution in [0.4, 0.5) is 5.69 Å². The SMILES string of the molecule is Cc1ccc([N+](=O)[O-])c(=O)n1Cc1cccc(C(=O)O)c1. The van der Waals surface area contributed by atoms with E-state index in [0.29, 0.717) is 11.3 Å². The Labute approximate surface area is 119 Å². The summed E-state index contributed by atoms with van der Waals surface area (Å²) in [5.41, 5.74) is 0.0336. The molecule has 7 nitrogen and oxygen atoms in total. The van der Waals surface area contributed by atoms with E-state index in [0.717, 1.165) is 0 Å². The third kappa shape index (κ3) is 2.97. The molecule has 0 aliphatic rings. The van der Waals surface area contributed by atoms with Gasteiger partial charge in [-0.25, -0.2) is 4.79 Å². The van der Waals surface area contributed by atoms with Crippen LogP contribution in [0.2, 0.25) is 0 Å². The highest BCUT2D eigenvalue weighted by Gasteiger charge is 2.16. The molecule has 1 N–H and O–H groups in total. The zero-order valence-electron chi connectivity index (χ0n) is 11.1. The summed E-state index contributed by atoms with van der Waals surface area (Å²) in [6, 6.07) is 8.76. The summed E-state index contributed by atoms with van der Waals surface area (Å²) < 4.78 is 1.25. The molecule has 0 bridgehead atoms. The maximum Gasteiger partial charge on any atom is 0.335 e. The fourth-order valence-electron chi connectivity index (χ4n) is 1.98. The van der Waals surface area contributed by atoms with Crippen LogP contribution in [0.25, 0.3) is 0 Å². The Morgan fingerprint density at radius 1 is 1.33 bits per heavy atom. The first kappa shape index (κ1) is 14.4. The average Bonchev–Trinajstić information content (AvgIpc) is 2.43. The number of benzene rings is 1. The van der Waals surface area contributed by atoms with E-state index in [2.05, 4.69) is 0 Å². The van der Waals surface area contributed by atoms with Gasteiger partial charge in [0.2, 0.25) is 0 Å². The van der Waals surface area contributed by atoms with Crippen LogP contribution in [0.5, 0.6) is 0 Å². The molecule has 21 heavy (non-hydrogen) atoms. The Bertz CT molecular complexity index is 779. The van der Waals surface area contributed by atoms with Crippen LogP contribution in [0.15, 0.2) is 41.2 Å². The summed E-state index contributed by atoms with van der Waals surface area (Å²) in [6.45, 7) is 1.74. The number of pyridine rings is 1. The first-order chi connectivity index (χ1) is 9.90. The predicted molar refractivity (Wildman–Crippen MR) is 74.6 cm³/mol. The molecule has 2 aromatic rings. The molecule has 0 saturated carbocycles. The number of nitrogens with zero attached hydrogens (tertiary/aromatic N) is 2. The van der Waals surface area contributed by atoms with Crippen molar-refractivity contribution in [3.05, 3.63) is 73.7 Å². The molecule has 0 radical (unpaired) electrons. The van der Waals surface area contributed by atoms with Crippen molar-refractivity contribution < 1.29 is 14.8 Å². The molecule has 0 saturated heterocycles. The number of carboxylic acids is 1. The molecular formula is C14H12N2O5. The van der Waals surface area contributed by atoms with E-state index >= 15 is 0 Å². The molecule has 0 spiro atoms. The van der Waals surface area contributed by atoms with E-state index in [-0.39, 0.29) is 12.1 Å². The molecule has 1 aromatic carbocycles. The lowest BCUT2D eigenvalue weighted by Crippen LogP contribution is -2.24. The molecule has 2 rings (SSSR count). The van der Waals surface area contributed by atoms with E-state index in [9.17, 15) is 19.7 Å². The Morgan fingerprint density at radius 2 is 2.05 bits per heavy atom. The van der Waals surface area contributed by atoms with Crippen molar-refractivity contribution in [3.8, 4) is 0 Å². The summed E-state index contributed by atoms with van der Waals surface area (Å²) in [5, 5.41) is 19.7. The zero-order chi connectivity index (χ0) is 15.6. The van der Waals surface area contributed by atoms with Crippen molar-refractivity contribution >= 4 is 11.7 Å². The van der Waals surface area contributed by atoms with E-state index in [1.54, 1.807) is 19.1 Å². The summed E-state index contributed by atoms with van der Waals surface area (Å²) in [4.78, 5) is 33.0. The van der Waals surface area contributed by atoms with E-state index in [1.807, 2.05) is 0 Å². The van der Waals surface area contributed by atoms with Crippen LogP contribution in [0.3, 0.4) is 0 Å². The largest absolute Gasteiger partial charge is 0.478 e. The van der Waals surface area contributed by atoms with Gasteiger partial charge >= 0.3 is 17.2 Å². The molecule has 7 heteroatoms. The van der Waals surface area contributed by atoms with Crippen LogP contribution >= 0.6 is 0 Å². The van der Waals surface area contributed by atoms with Crippen LogP contribution in [-0.2, 0) is 6.54 Å². The van der Waals surface area contributed by atoms with Gasteiger partial charge in [-0.3, -0.25) is 14.9 Å². The summed E-state index contributed by atoms with van der Waals surface area (Å²) in [7, 11) is 0. The fourth-order valence-corrected chi connectivity index (χ4v) is 1.98. The quantitative estimate of drug-likeness (QED) is 0.682. The fraction of sp³-hybridized carbons (Fsp3) is 0.143. The molecule has 108 valence electrons. The highest BCUT2D eigenvalue weighted by Crippen LogP contribution is 2.10. The second-order valence-corrected chi connectivity index (χ2v) is 4.51. The van der Waals surface area contributed by atoms with Gasteiger partial charge in [-0.15, -0.1) is 0 Å². The molecule has 1 aromatic heterocycles. The van der Waals surface area contributed by atoms with Gasteiger partial charge in [-0.1, -0.05) is 12.1 Å². The minimum absolute atomic E-state index is 0.0769. The molecule has 0 aliphatic carbocycles. The van der Waals surface area contributed by atoms with Crippen LogP contribution in [-0.4, -0.2) is 20.6 Å². The Hall–Kier alpha value is -2.96. The Balaban J connectivity index is 2.47. The lowest BCUT2D eigenvalue weighted by molar-refractivity contribution is -0.386. The first-order valence-corrected chi connectivity index (χ1v) is 6.07. The summed E-state index contributed by atoms with van der Waals surface area (Å²) >= 11 is 0. The van der Waals surface area contributed by atoms with Gasteiger partial charge in [0.15, 0.2) is 0 Å². The average molecular weight is 288 g/mol. The van der Waals surface area contributed by atoms with Crippen molar-refractivity contribution in [2.75, 3.05) is 0 Å². The smallest absolute Gasteiger partial charge is 0.335 e. The number of hydrogen-bond donors (Lipinski definition) is 1. The molecule has 0 amide bonds. The summed E-state index contributed by atoms with van der Waals surface area (Å²) in [5.74, 6) is -1.07. The normalized spacial score (nSPS) is 10.3. The van der Waals surface area contributed by atoms with Gasteiger partial charge in [0.05, 0.1) is 17.0 Å². The third-order valence-corrected chi connectivity index (χ3v) is 3.08. The first-order valence-electron chi connectivity index (χ1n) is 6.07. The zero-order valence-corrected chi connectivity index (χ0v) is 11.1. The van der Waals surface area contributed by atoms with Gasteiger partial charge in [-0.2, -0.15) is 0 Å². The molecule has 0 fully saturated rings. The second kappa shape index (κ2) is 5.58. The number of aryl methyl sites for hydroxylation is 1. The van der Waals surface area contributed by atoms with Gasteiger partial charge in [-0.05, 0) is 30.7 Å². The van der Waals surface area contributed by atoms with Gasteiger partial charge in [0.25, 0.3) is 0 Å². The number of carboxylic acid groups (broad SMARTS) is 1. The monoisotopic (exact) mass is 288 g/mol. The maximum atomic E-state index is 12.1. The second-order valence-electron chi connectivity index (χ2n) is 4.51. The van der Waals surface area contributed by atoms with Crippen molar-refractivity contribution in [3.63, 3.8) is 0 Å². The number of aromatic nitrogens is 1. The van der Waals surface area contributed by atoms with Crippen molar-refractivity contribution in [2.45, 2.75) is 13.5 Å².